The molecule has 0 fully saturated rings. The molecular formula is C26H24N2O2. The fourth-order valence-electron chi connectivity index (χ4n) is 3.77. The second-order valence-electron chi connectivity index (χ2n) is 7.82. The van der Waals surface area contributed by atoms with Crippen LogP contribution in [-0.4, -0.2) is 20.2 Å². The summed E-state index contributed by atoms with van der Waals surface area (Å²) in [6.45, 7) is 7.81. The van der Waals surface area contributed by atoms with E-state index in [1.54, 1.807) is 12.4 Å². The maximum atomic E-state index is 10.4. The van der Waals surface area contributed by atoms with Crippen molar-refractivity contribution in [1.29, 1.82) is 0 Å². The summed E-state index contributed by atoms with van der Waals surface area (Å²) in [5.74, 6) is 0.566. The second-order valence-corrected chi connectivity index (χ2v) is 7.82. The Kier molecular flexibility index (Phi) is 5.00. The summed E-state index contributed by atoms with van der Waals surface area (Å²) in [5, 5.41) is 20.8. The van der Waals surface area contributed by atoms with Gasteiger partial charge < -0.3 is 10.2 Å². The van der Waals surface area contributed by atoms with Gasteiger partial charge in [-0.2, -0.15) is 0 Å². The van der Waals surface area contributed by atoms with E-state index in [4.69, 9.17) is 0 Å². The summed E-state index contributed by atoms with van der Waals surface area (Å²) in [7, 11) is 0. The predicted octanol–water partition coefficient (Wildman–Crippen LogP) is 6.12. The smallest absolute Gasteiger partial charge is 0.126 e. The van der Waals surface area contributed by atoms with Crippen molar-refractivity contribution in [1.82, 2.24) is 9.97 Å². The minimum absolute atomic E-state index is 0.283. The van der Waals surface area contributed by atoms with Crippen LogP contribution >= 0.6 is 0 Å². The number of pyridine rings is 2. The van der Waals surface area contributed by atoms with Crippen molar-refractivity contribution < 1.29 is 10.2 Å². The number of hydrogen-bond acceptors (Lipinski definition) is 4. The number of aromatic hydroxyl groups is 2. The van der Waals surface area contributed by atoms with Crippen LogP contribution < -0.4 is 0 Å². The summed E-state index contributed by atoms with van der Waals surface area (Å²) in [4.78, 5) is 9.10. The van der Waals surface area contributed by atoms with Gasteiger partial charge in [0.05, 0.1) is 11.4 Å². The molecule has 2 heterocycles. The molecule has 0 radical (unpaired) electrons. The van der Waals surface area contributed by atoms with Crippen molar-refractivity contribution in [2.24, 2.45) is 0 Å². The number of nitrogens with zero attached hydrogens (tertiary/aromatic N) is 2. The van der Waals surface area contributed by atoms with Crippen LogP contribution in [-0.2, 0) is 0 Å². The standard InChI is InChI=1S/C26H24N2O2/c1-15-9-17(3)25(29)21(11-15)19-5-7-23(27-13-19)24-8-6-20(14-28-24)22-12-16(2)10-18(4)26(22)30/h5-14,29-30H,1-4H3. The van der Waals surface area contributed by atoms with Gasteiger partial charge in [0.15, 0.2) is 0 Å². The SMILES string of the molecule is Cc1cc(C)c(O)c(-c2ccc(-c3ccc(-c4cc(C)cc(C)c4O)cn3)nc2)c1. The molecule has 30 heavy (non-hydrogen) atoms. The van der Waals surface area contributed by atoms with Gasteiger partial charge in [-0.25, -0.2) is 0 Å². The number of rotatable bonds is 3. The number of aryl methyl sites for hydroxylation is 4. The monoisotopic (exact) mass is 396 g/mol. The van der Waals surface area contributed by atoms with E-state index < -0.39 is 0 Å². The molecule has 2 aromatic carbocycles. The molecule has 4 rings (SSSR count). The fourth-order valence-corrected chi connectivity index (χ4v) is 3.77. The van der Waals surface area contributed by atoms with Gasteiger partial charge in [-0.1, -0.05) is 24.3 Å². The first-order valence-corrected chi connectivity index (χ1v) is 9.87. The number of phenols is 2. The van der Waals surface area contributed by atoms with Gasteiger partial charge in [0.2, 0.25) is 0 Å². The number of phenolic OH excluding ortho intramolecular Hbond substituents is 2. The van der Waals surface area contributed by atoms with Crippen LogP contribution in [0.3, 0.4) is 0 Å². The Labute approximate surface area is 176 Å². The third-order valence-corrected chi connectivity index (χ3v) is 5.30. The van der Waals surface area contributed by atoms with Crippen LogP contribution in [0.2, 0.25) is 0 Å². The van der Waals surface area contributed by atoms with Crippen LogP contribution in [0.1, 0.15) is 22.3 Å². The molecule has 0 aliphatic heterocycles. The van der Waals surface area contributed by atoms with Gasteiger partial charge in [-0.3, -0.25) is 9.97 Å². The number of hydrogen-bond donors (Lipinski definition) is 2. The first-order chi connectivity index (χ1) is 14.3. The Morgan fingerprint density at radius 3 is 1.30 bits per heavy atom. The normalized spacial score (nSPS) is 10.9. The van der Waals surface area contributed by atoms with Crippen molar-refractivity contribution >= 4 is 0 Å². The summed E-state index contributed by atoms with van der Waals surface area (Å²) in [6.07, 6.45) is 3.52. The molecule has 0 spiro atoms. The number of aromatic nitrogens is 2. The molecule has 0 unspecified atom stereocenters. The zero-order valence-corrected chi connectivity index (χ0v) is 17.6. The molecule has 0 amide bonds. The summed E-state index contributed by atoms with van der Waals surface area (Å²) in [6, 6.07) is 15.5. The lowest BCUT2D eigenvalue weighted by Crippen LogP contribution is -1.91. The highest BCUT2D eigenvalue weighted by Gasteiger charge is 2.11. The molecule has 0 saturated carbocycles. The molecule has 0 aliphatic rings. The Morgan fingerprint density at radius 1 is 0.567 bits per heavy atom. The van der Waals surface area contributed by atoms with Gasteiger partial charge in [-0.15, -0.1) is 0 Å². The van der Waals surface area contributed by atoms with E-state index >= 15 is 0 Å². The first kappa shape index (κ1) is 19.6. The molecule has 4 aromatic rings. The highest BCUT2D eigenvalue weighted by Crippen LogP contribution is 2.35. The Morgan fingerprint density at radius 2 is 0.967 bits per heavy atom. The summed E-state index contributed by atoms with van der Waals surface area (Å²) < 4.78 is 0. The zero-order chi connectivity index (χ0) is 21.4. The first-order valence-electron chi connectivity index (χ1n) is 9.87. The maximum absolute atomic E-state index is 10.4. The van der Waals surface area contributed by atoms with E-state index in [0.717, 1.165) is 55.9 Å². The second kappa shape index (κ2) is 7.64. The third-order valence-electron chi connectivity index (χ3n) is 5.30. The average molecular weight is 396 g/mol. The highest BCUT2D eigenvalue weighted by molar-refractivity contribution is 5.75. The Hall–Kier alpha value is -3.66. The molecule has 0 atom stereocenters. The fraction of sp³-hybridized carbons (Fsp3) is 0.154. The largest absolute Gasteiger partial charge is 0.507 e. The van der Waals surface area contributed by atoms with Crippen LogP contribution in [0, 0.1) is 27.7 Å². The van der Waals surface area contributed by atoms with E-state index in [1.165, 1.54) is 0 Å². The predicted molar refractivity (Wildman–Crippen MR) is 121 cm³/mol. The van der Waals surface area contributed by atoms with Gasteiger partial charge in [0, 0.05) is 34.6 Å². The van der Waals surface area contributed by atoms with Crippen molar-refractivity contribution in [3.8, 4) is 45.1 Å². The van der Waals surface area contributed by atoms with E-state index in [2.05, 4.69) is 9.97 Å². The lowest BCUT2D eigenvalue weighted by atomic mass is 9.99. The van der Waals surface area contributed by atoms with Gasteiger partial charge >= 0.3 is 0 Å². The summed E-state index contributed by atoms with van der Waals surface area (Å²) >= 11 is 0. The van der Waals surface area contributed by atoms with Crippen LogP contribution in [0.25, 0.3) is 33.6 Å². The van der Waals surface area contributed by atoms with Gasteiger partial charge in [0.1, 0.15) is 11.5 Å². The summed E-state index contributed by atoms with van der Waals surface area (Å²) in [5.41, 5.74) is 8.66. The number of benzene rings is 2. The Balaban J connectivity index is 1.65. The highest BCUT2D eigenvalue weighted by atomic mass is 16.3. The lowest BCUT2D eigenvalue weighted by molar-refractivity contribution is 0.472. The lowest BCUT2D eigenvalue weighted by Gasteiger charge is -2.11. The molecule has 4 heteroatoms. The van der Waals surface area contributed by atoms with E-state index in [0.29, 0.717) is 0 Å². The van der Waals surface area contributed by atoms with Crippen LogP contribution in [0.4, 0.5) is 0 Å². The molecule has 150 valence electrons. The van der Waals surface area contributed by atoms with E-state index in [1.807, 2.05) is 76.2 Å². The minimum Gasteiger partial charge on any atom is -0.507 e. The molecule has 0 bridgehead atoms. The van der Waals surface area contributed by atoms with Crippen molar-refractivity contribution in [3.63, 3.8) is 0 Å². The molecule has 0 saturated heterocycles. The van der Waals surface area contributed by atoms with Crippen molar-refractivity contribution in [3.05, 3.63) is 83.2 Å². The molecule has 0 aliphatic carbocycles. The van der Waals surface area contributed by atoms with Crippen LogP contribution in [0.15, 0.2) is 60.9 Å². The topological polar surface area (TPSA) is 66.2 Å². The molecular weight excluding hydrogens is 372 g/mol. The zero-order valence-electron chi connectivity index (χ0n) is 17.6. The van der Waals surface area contributed by atoms with Gasteiger partial charge in [-0.05, 0) is 74.2 Å². The van der Waals surface area contributed by atoms with E-state index in [-0.39, 0.29) is 11.5 Å². The third kappa shape index (κ3) is 3.64. The maximum Gasteiger partial charge on any atom is 0.126 e. The van der Waals surface area contributed by atoms with Crippen LogP contribution in [0.5, 0.6) is 11.5 Å². The molecule has 4 nitrogen and oxygen atoms in total. The van der Waals surface area contributed by atoms with Crippen molar-refractivity contribution in [2.45, 2.75) is 27.7 Å². The van der Waals surface area contributed by atoms with Crippen molar-refractivity contribution in [2.75, 3.05) is 0 Å². The molecule has 2 aromatic heterocycles. The minimum atomic E-state index is 0.283. The quantitative estimate of drug-likeness (QED) is 0.438. The average Bonchev–Trinajstić information content (AvgIpc) is 2.73. The Bertz CT molecular complexity index is 1130. The van der Waals surface area contributed by atoms with Gasteiger partial charge in [0.25, 0.3) is 0 Å². The molecule has 2 N–H and O–H groups in total. The van der Waals surface area contributed by atoms with E-state index in [9.17, 15) is 10.2 Å².